The monoisotopic (exact) mass is 516 g/mol. The molecule has 0 bridgehead atoms. The van der Waals surface area contributed by atoms with Gasteiger partial charge in [-0.1, -0.05) is 30.3 Å². The van der Waals surface area contributed by atoms with Crippen LogP contribution in [0.1, 0.15) is 28.8 Å². The van der Waals surface area contributed by atoms with Crippen LogP contribution in [-0.2, 0) is 11.3 Å². The number of piperidine rings is 1. The Morgan fingerprint density at radius 2 is 1.55 bits per heavy atom. The van der Waals surface area contributed by atoms with Crippen molar-refractivity contribution in [2.75, 3.05) is 32.0 Å². The number of nitrogens with zero attached hydrogens (tertiary/aromatic N) is 2. The van der Waals surface area contributed by atoms with Gasteiger partial charge in [0.25, 0.3) is 0 Å². The number of aromatic carboxylic acids is 1. The molecule has 1 fully saturated rings. The summed E-state index contributed by atoms with van der Waals surface area (Å²) in [5, 5.41) is 14.8. The van der Waals surface area contributed by atoms with Gasteiger partial charge in [-0.2, -0.15) is 0 Å². The number of rotatable bonds is 9. The predicted molar refractivity (Wildman–Crippen MR) is 144 cm³/mol. The third kappa shape index (κ3) is 7.33. The van der Waals surface area contributed by atoms with Gasteiger partial charge in [-0.3, -0.25) is 9.69 Å². The van der Waals surface area contributed by atoms with E-state index in [1.807, 2.05) is 30.3 Å². The summed E-state index contributed by atoms with van der Waals surface area (Å²) in [5.74, 6) is 0.273. The van der Waals surface area contributed by atoms with Crippen LogP contribution in [0.5, 0.6) is 11.5 Å². The molecule has 198 valence electrons. The molecule has 3 N–H and O–H groups in total. The first-order chi connectivity index (χ1) is 18.4. The van der Waals surface area contributed by atoms with Gasteiger partial charge < -0.3 is 25.4 Å². The average molecular weight is 517 g/mol. The van der Waals surface area contributed by atoms with Gasteiger partial charge in [0.1, 0.15) is 11.5 Å². The largest absolute Gasteiger partial charge is 0.478 e. The fourth-order valence-electron chi connectivity index (χ4n) is 4.51. The molecule has 38 heavy (non-hydrogen) atoms. The van der Waals surface area contributed by atoms with E-state index in [-0.39, 0.29) is 30.1 Å². The van der Waals surface area contributed by atoms with E-state index in [1.54, 1.807) is 60.5 Å². The van der Waals surface area contributed by atoms with Gasteiger partial charge in [0, 0.05) is 38.4 Å². The zero-order chi connectivity index (χ0) is 26.9. The number of amides is 3. The van der Waals surface area contributed by atoms with Crippen LogP contribution in [0.4, 0.5) is 10.5 Å². The Morgan fingerprint density at radius 1 is 0.921 bits per heavy atom. The van der Waals surface area contributed by atoms with Crippen molar-refractivity contribution >= 4 is 23.6 Å². The lowest BCUT2D eigenvalue weighted by atomic mass is 10.0. The van der Waals surface area contributed by atoms with Crippen LogP contribution in [0.15, 0.2) is 78.9 Å². The van der Waals surface area contributed by atoms with E-state index < -0.39 is 5.97 Å². The molecule has 0 saturated carbocycles. The molecule has 9 nitrogen and oxygen atoms in total. The second kappa shape index (κ2) is 12.7. The van der Waals surface area contributed by atoms with Gasteiger partial charge in [-0.15, -0.1) is 0 Å². The fraction of sp³-hybridized carbons (Fsp3) is 0.276. The van der Waals surface area contributed by atoms with Crippen molar-refractivity contribution in [3.05, 3.63) is 90.0 Å². The van der Waals surface area contributed by atoms with Crippen LogP contribution in [-0.4, -0.2) is 65.5 Å². The maximum absolute atomic E-state index is 13.1. The van der Waals surface area contributed by atoms with Crippen molar-refractivity contribution in [3.8, 4) is 11.5 Å². The molecule has 1 saturated heterocycles. The van der Waals surface area contributed by atoms with E-state index in [2.05, 4.69) is 15.5 Å². The molecular weight excluding hydrogens is 484 g/mol. The van der Waals surface area contributed by atoms with Crippen molar-refractivity contribution in [1.82, 2.24) is 15.1 Å². The molecule has 0 aliphatic carbocycles. The van der Waals surface area contributed by atoms with Crippen molar-refractivity contribution in [3.63, 3.8) is 0 Å². The van der Waals surface area contributed by atoms with Gasteiger partial charge in [0.05, 0.1) is 12.1 Å². The highest BCUT2D eigenvalue weighted by atomic mass is 16.5. The van der Waals surface area contributed by atoms with E-state index in [1.165, 1.54) is 0 Å². The number of carboxylic acid groups (broad SMARTS) is 1. The minimum Gasteiger partial charge on any atom is -0.478 e. The minimum atomic E-state index is -0.977. The molecule has 0 radical (unpaired) electrons. The molecule has 0 atom stereocenters. The Morgan fingerprint density at radius 3 is 2.16 bits per heavy atom. The lowest BCUT2D eigenvalue weighted by Gasteiger charge is -2.38. The lowest BCUT2D eigenvalue weighted by molar-refractivity contribution is -0.118. The van der Waals surface area contributed by atoms with Gasteiger partial charge in [-0.05, 0) is 66.9 Å². The summed E-state index contributed by atoms with van der Waals surface area (Å²) in [4.78, 5) is 40.2. The van der Waals surface area contributed by atoms with E-state index >= 15 is 0 Å². The SMILES string of the molecule is CNC(=O)N1CCC(N(CC(=O)Nc2ccc(Oc3ccccc3)cc2)Cc2ccc(C(=O)O)cc2)CC1. The first kappa shape index (κ1) is 26.7. The van der Waals surface area contributed by atoms with Crippen LogP contribution >= 0.6 is 0 Å². The number of carboxylic acids is 1. The summed E-state index contributed by atoms with van der Waals surface area (Å²) in [6, 6.07) is 23.4. The first-order valence-corrected chi connectivity index (χ1v) is 12.6. The summed E-state index contributed by atoms with van der Waals surface area (Å²) in [7, 11) is 1.62. The zero-order valence-corrected chi connectivity index (χ0v) is 21.3. The number of hydrogen-bond donors (Lipinski definition) is 3. The third-order valence-electron chi connectivity index (χ3n) is 6.53. The second-order valence-corrected chi connectivity index (χ2v) is 9.17. The Kier molecular flexibility index (Phi) is 8.94. The average Bonchev–Trinajstić information content (AvgIpc) is 2.94. The predicted octanol–water partition coefficient (Wildman–Crippen LogP) is 4.42. The summed E-state index contributed by atoms with van der Waals surface area (Å²) in [5.41, 5.74) is 1.80. The highest BCUT2D eigenvalue weighted by Gasteiger charge is 2.28. The molecule has 9 heteroatoms. The number of para-hydroxylation sites is 1. The molecule has 3 amide bonds. The summed E-state index contributed by atoms with van der Waals surface area (Å²) in [6.45, 7) is 1.85. The highest BCUT2D eigenvalue weighted by Crippen LogP contribution is 2.23. The van der Waals surface area contributed by atoms with E-state index in [0.717, 1.165) is 24.2 Å². The van der Waals surface area contributed by atoms with E-state index in [4.69, 9.17) is 4.74 Å². The molecule has 1 aliphatic heterocycles. The molecule has 4 rings (SSSR count). The molecule has 0 aromatic heterocycles. The quantitative estimate of drug-likeness (QED) is 0.388. The number of urea groups is 1. The van der Waals surface area contributed by atoms with E-state index in [9.17, 15) is 19.5 Å². The Labute approximate surface area is 222 Å². The number of anilines is 1. The Hall–Kier alpha value is -4.37. The molecule has 3 aromatic carbocycles. The Bertz CT molecular complexity index is 1220. The normalized spacial score (nSPS) is 13.7. The van der Waals surface area contributed by atoms with E-state index in [0.29, 0.717) is 31.1 Å². The number of carbonyl (C=O) groups excluding carboxylic acids is 2. The molecule has 0 unspecified atom stereocenters. The number of carbonyl (C=O) groups is 3. The van der Waals surface area contributed by atoms with Crippen LogP contribution in [0, 0.1) is 0 Å². The smallest absolute Gasteiger partial charge is 0.335 e. The second-order valence-electron chi connectivity index (χ2n) is 9.17. The van der Waals surface area contributed by atoms with Crippen LogP contribution < -0.4 is 15.4 Å². The fourth-order valence-corrected chi connectivity index (χ4v) is 4.51. The van der Waals surface area contributed by atoms with Gasteiger partial charge >= 0.3 is 12.0 Å². The van der Waals surface area contributed by atoms with Gasteiger partial charge in [-0.25, -0.2) is 9.59 Å². The number of ether oxygens (including phenoxy) is 1. The summed E-state index contributed by atoms with van der Waals surface area (Å²) < 4.78 is 5.82. The maximum atomic E-state index is 13.1. The number of nitrogens with one attached hydrogen (secondary N) is 2. The van der Waals surface area contributed by atoms with Crippen molar-refractivity contribution < 1.29 is 24.2 Å². The minimum absolute atomic E-state index is 0.0995. The van der Waals surface area contributed by atoms with Crippen molar-refractivity contribution in [2.45, 2.75) is 25.4 Å². The Balaban J connectivity index is 1.40. The molecule has 1 heterocycles. The summed E-state index contributed by atoms with van der Waals surface area (Å²) in [6.07, 6.45) is 1.47. The standard InChI is InChI=1S/C29H32N4O5/c1-30-29(37)32-17-15-24(16-18-32)33(19-21-7-9-22(10-8-21)28(35)36)20-27(34)31-23-11-13-26(14-12-23)38-25-5-3-2-4-6-25/h2-14,24H,15-20H2,1H3,(H,30,37)(H,31,34)(H,35,36). The topological polar surface area (TPSA) is 111 Å². The number of benzene rings is 3. The molecule has 3 aromatic rings. The number of hydrogen-bond acceptors (Lipinski definition) is 5. The van der Waals surface area contributed by atoms with Crippen LogP contribution in [0.3, 0.4) is 0 Å². The highest BCUT2D eigenvalue weighted by molar-refractivity contribution is 5.92. The maximum Gasteiger partial charge on any atom is 0.335 e. The van der Waals surface area contributed by atoms with Crippen molar-refractivity contribution in [2.24, 2.45) is 0 Å². The lowest BCUT2D eigenvalue weighted by Crippen LogP contribution is -2.50. The molecular formula is C29H32N4O5. The van der Waals surface area contributed by atoms with Crippen LogP contribution in [0.25, 0.3) is 0 Å². The third-order valence-corrected chi connectivity index (χ3v) is 6.53. The first-order valence-electron chi connectivity index (χ1n) is 12.6. The van der Waals surface area contributed by atoms with Crippen molar-refractivity contribution in [1.29, 1.82) is 0 Å². The van der Waals surface area contributed by atoms with Gasteiger partial charge in [0.2, 0.25) is 5.91 Å². The molecule has 0 spiro atoms. The summed E-state index contributed by atoms with van der Waals surface area (Å²) >= 11 is 0. The van der Waals surface area contributed by atoms with Crippen LogP contribution in [0.2, 0.25) is 0 Å². The van der Waals surface area contributed by atoms with Gasteiger partial charge in [0.15, 0.2) is 0 Å². The zero-order valence-electron chi connectivity index (χ0n) is 21.3. The molecule has 1 aliphatic rings. The number of likely N-dealkylation sites (tertiary alicyclic amines) is 1.